The van der Waals surface area contributed by atoms with Crippen molar-refractivity contribution in [3.63, 3.8) is 0 Å². The Balaban J connectivity index is 2.78. The Kier molecular flexibility index (Phi) is 4.10. The predicted molar refractivity (Wildman–Crippen MR) is 62.8 cm³/mol. The lowest BCUT2D eigenvalue weighted by molar-refractivity contribution is 0.0778. The molecular formula is C13H17NO. The molecule has 0 aromatic heterocycles. The summed E-state index contributed by atoms with van der Waals surface area (Å²) in [6, 6.07) is 9.34. The van der Waals surface area contributed by atoms with Gasteiger partial charge in [0.15, 0.2) is 0 Å². The van der Waals surface area contributed by atoms with Gasteiger partial charge in [0.05, 0.1) is 0 Å². The van der Waals surface area contributed by atoms with Gasteiger partial charge in [0, 0.05) is 18.7 Å². The van der Waals surface area contributed by atoms with Gasteiger partial charge in [-0.25, -0.2) is 0 Å². The van der Waals surface area contributed by atoms with Crippen LogP contribution in [0.4, 0.5) is 0 Å². The van der Waals surface area contributed by atoms with Gasteiger partial charge in [-0.2, -0.15) is 0 Å². The maximum atomic E-state index is 12.0. The van der Waals surface area contributed by atoms with E-state index < -0.39 is 0 Å². The first kappa shape index (κ1) is 11.5. The average molecular weight is 203 g/mol. The molecule has 0 unspecified atom stereocenters. The largest absolute Gasteiger partial charge is 0.335 e. The highest BCUT2D eigenvalue weighted by molar-refractivity contribution is 5.94. The van der Waals surface area contributed by atoms with Crippen LogP contribution in [-0.2, 0) is 0 Å². The van der Waals surface area contributed by atoms with Crippen molar-refractivity contribution in [2.45, 2.75) is 13.8 Å². The molecule has 0 atom stereocenters. The zero-order valence-corrected chi connectivity index (χ0v) is 9.36. The summed E-state index contributed by atoms with van der Waals surface area (Å²) in [6.45, 7) is 9.07. The lowest BCUT2D eigenvalue weighted by Crippen LogP contribution is -2.32. The van der Waals surface area contributed by atoms with Gasteiger partial charge in [-0.1, -0.05) is 30.4 Å². The van der Waals surface area contributed by atoms with Crippen LogP contribution in [-0.4, -0.2) is 23.9 Å². The summed E-state index contributed by atoms with van der Waals surface area (Å²) in [4.78, 5) is 13.8. The third-order valence-corrected chi connectivity index (χ3v) is 2.15. The molecule has 0 aliphatic rings. The molecule has 0 fully saturated rings. The summed E-state index contributed by atoms with van der Waals surface area (Å²) >= 11 is 0. The minimum Gasteiger partial charge on any atom is -0.335 e. The van der Waals surface area contributed by atoms with E-state index in [9.17, 15) is 4.79 Å². The monoisotopic (exact) mass is 203 g/mol. The van der Waals surface area contributed by atoms with E-state index in [1.165, 1.54) is 0 Å². The molecule has 0 spiro atoms. The standard InChI is InChI=1S/C13H17NO/c1-4-14(10-11(2)3)13(15)12-8-6-5-7-9-12/h5-9H,2,4,10H2,1,3H3. The summed E-state index contributed by atoms with van der Waals surface area (Å²) < 4.78 is 0. The topological polar surface area (TPSA) is 20.3 Å². The number of likely N-dealkylation sites (N-methyl/N-ethyl adjacent to an activating group) is 1. The van der Waals surface area contributed by atoms with E-state index in [1.807, 2.05) is 44.2 Å². The molecule has 0 aliphatic carbocycles. The lowest BCUT2D eigenvalue weighted by Gasteiger charge is -2.20. The predicted octanol–water partition coefficient (Wildman–Crippen LogP) is 2.72. The van der Waals surface area contributed by atoms with Gasteiger partial charge in [0.2, 0.25) is 0 Å². The fourth-order valence-corrected chi connectivity index (χ4v) is 1.42. The van der Waals surface area contributed by atoms with Crippen LogP contribution in [0.3, 0.4) is 0 Å². The van der Waals surface area contributed by atoms with Gasteiger partial charge in [-0.3, -0.25) is 4.79 Å². The zero-order chi connectivity index (χ0) is 11.3. The SMILES string of the molecule is C=C(C)CN(CC)C(=O)c1ccccc1. The Morgan fingerprint density at radius 1 is 1.33 bits per heavy atom. The molecule has 0 N–H and O–H groups in total. The minimum absolute atomic E-state index is 0.0705. The fraction of sp³-hybridized carbons (Fsp3) is 0.308. The zero-order valence-electron chi connectivity index (χ0n) is 9.36. The van der Waals surface area contributed by atoms with Crippen molar-refractivity contribution < 1.29 is 4.79 Å². The highest BCUT2D eigenvalue weighted by atomic mass is 16.2. The second kappa shape index (κ2) is 5.35. The third kappa shape index (κ3) is 3.24. The molecule has 80 valence electrons. The number of amides is 1. The summed E-state index contributed by atoms with van der Waals surface area (Å²) in [5.41, 5.74) is 1.74. The van der Waals surface area contributed by atoms with Crippen LogP contribution in [0.2, 0.25) is 0 Å². The number of nitrogens with zero attached hydrogens (tertiary/aromatic N) is 1. The average Bonchev–Trinajstić information content (AvgIpc) is 2.26. The minimum atomic E-state index is 0.0705. The van der Waals surface area contributed by atoms with Crippen molar-refractivity contribution in [1.29, 1.82) is 0 Å². The van der Waals surface area contributed by atoms with Crippen LogP contribution < -0.4 is 0 Å². The second-order valence-electron chi connectivity index (χ2n) is 3.64. The Morgan fingerprint density at radius 2 is 1.93 bits per heavy atom. The number of carbonyl (C=O) groups excluding carboxylic acids is 1. The molecule has 1 amide bonds. The van der Waals surface area contributed by atoms with Crippen LogP contribution in [0.5, 0.6) is 0 Å². The molecule has 15 heavy (non-hydrogen) atoms. The fourth-order valence-electron chi connectivity index (χ4n) is 1.42. The molecule has 0 radical (unpaired) electrons. The number of benzene rings is 1. The molecule has 1 aromatic rings. The van der Waals surface area contributed by atoms with Gasteiger partial charge in [-0.05, 0) is 26.0 Å². The first-order chi connectivity index (χ1) is 7.15. The number of carbonyl (C=O) groups is 1. The van der Waals surface area contributed by atoms with Crippen LogP contribution in [0, 0.1) is 0 Å². The van der Waals surface area contributed by atoms with Crippen molar-refractivity contribution in [2.75, 3.05) is 13.1 Å². The Labute approximate surface area is 91.2 Å². The van der Waals surface area contributed by atoms with E-state index in [0.29, 0.717) is 13.1 Å². The van der Waals surface area contributed by atoms with E-state index >= 15 is 0 Å². The van der Waals surface area contributed by atoms with E-state index in [4.69, 9.17) is 0 Å². The van der Waals surface area contributed by atoms with Crippen molar-refractivity contribution in [2.24, 2.45) is 0 Å². The van der Waals surface area contributed by atoms with Crippen LogP contribution in [0.1, 0.15) is 24.2 Å². The molecule has 2 heteroatoms. The third-order valence-electron chi connectivity index (χ3n) is 2.15. The van der Waals surface area contributed by atoms with Gasteiger partial charge in [-0.15, -0.1) is 0 Å². The van der Waals surface area contributed by atoms with Crippen LogP contribution in [0.15, 0.2) is 42.5 Å². The first-order valence-corrected chi connectivity index (χ1v) is 5.14. The van der Waals surface area contributed by atoms with E-state index in [2.05, 4.69) is 6.58 Å². The highest BCUT2D eigenvalue weighted by Gasteiger charge is 2.12. The summed E-state index contributed by atoms with van der Waals surface area (Å²) in [5, 5.41) is 0. The second-order valence-corrected chi connectivity index (χ2v) is 3.64. The number of hydrogen-bond acceptors (Lipinski definition) is 1. The summed E-state index contributed by atoms with van der Waals surface area (Å²) in [7, 11) is 0. The Hall–Kier alpha value is -1.57. The molecular weight excluding hydrogens is 186 g/mol. The first-order valence-electron chi connectivity index (χ1n) is 5.14. The van der Waals surface area contributed by atoms with Gasteiger partial charge >= 0.3 is 0 Å². The quantitative estimate of drug-likeness (QED) is 0.689. The van der Waals surface area contributed by atoms with Gasteiger partial charge < -0.3 is 4.90 Å². The number of rotatable bonds is 4. The van der Waals surface area contributed by atoms with Crippen LogP contribution in [0.25, 0.3) is 0 Å². The molecule has 0 bridgehead atoms. The molecule has 0 saturated heterocycles. The Bertz CT molecular complexity index is 343. The molecule has 0 heterocycles. The molecule has 2 nitrogen and oxygen atoms in total. The smallest absolute Gasteiger partial charge is 0.254 e. The summed E-state index contributed by atoms with van der Waals surface area (Å²) in [6.07, 6.45) is 0. The molecule has 0 aliphatic heterocycles. The normalized spacial score (nSPS) is 9.73. The van der Waals surface area contributed by atoms with Gasteiger partial charge in [0.25, 0.3) is 5.91 Å². The molecule has 1 aromatic carbocycles. The van der Waals surface area contributed by atoms with E-state index in [0.717, 1.165) is 11.1 Å². The molecule has 1 rings (SSSR count). The van der Waals surface area contributed by atoms with Gasteiger partial charge in [0.1, 0.15) is 0 Å². The maximum absolute atomic E-state index is 12.0. The van der Waals surface area contributed by atoms with Crippen molar-refractivity contribution in [3.8, 4) is 0 Å². The lowest BCUT2D eigenvalue weighted by atomic mass is 10.2. The van der Waals surface area contributed by atoms with Crippen LogP contribution >= 0.6 is 0 Å². The van der Waals surface area contributed by atoms with E-state index in [1.54, 1.807) is 4.90 Å². The Morgan fingerprint density at radius 3 is 2.40 bits per heavy atom. The van der Waals surface area contributed by atoms with Crippen molar-refractivity contribution in [1.82, 2.24) is 4.90 Å². The summed E-state index contributed by atoms with van der Waals surface area (Å²) in [5.74, 6) is 0.0705. The molecule has 0 saturated carbocycles. The maximum Gasteiger partial charge on any atom is 0.254 e. The van der Waals surface area contributed by atoms with Crippen molar-refractivity contribution in [3.05, 3.63) is 48.0 Å². The number of hydrogen-bond donors (Lipinski definition) is 0. The van der Waals surface area contributed by atoms with Crippen molar-refractivity contribution >= 4 is 5.91 Å². The van der Waals surface area contributed by atoms with E-state index in [-0.39, 0.29) is 5.91 Å². The highest BCUT2D eigenvalue weighted by Crippen LogP contribution is 2.06.